The summed E-state index contributed by atoms with van der Waals surface area (Å²) in [5.41, 5.74) is 1.54. The van der Waals surface area contributed by atoms with Gasteiger partial charge in [0.25, 0.3) is 5.91 Å². The van der Waals surface area contributed by atoms with Crippen LogP contribution in [0.3, 0.4) is 0 Å². The minimum Gasteiger partial charge on any atom is -0.508 e. The Morgan fingerprint density at radius 2 is 1.65 bits per heavy atom. The van der Waals surface area contributed by atoms with Gasteiger partial charge in [-0.05, 0) is 36.4 Å². The van der Waals surface area contributed by atoms with E-state index in [1.165, 1.54) is 11.0 Å². The van der Waals surface area contributed by atoms with Crippen molar-refractivity contribution in [2.75, 3.05) is 42.9 Å². The molecule has 0 radical (unpaired) electrons. The van der Waals surface area contributed by atoms with Crippen molar-refractivity contribution in [1.29, 1.82) is 0 Å². The van der Waals surface area contributed by atoms with Crippen LogP contribution in [0, 0.1) is 0 Å². The molecule has 1 fully saturated rings. The van der Waals surface area contributed by atoms with Gasteiger partial charge in [-0.1, -0.05) is 34.8 Å². The SMILES string of the molecule is O=C(C[NH+]1CCN(c2ccc(O)cc2)CC1)Nc1cc(Cl)c(Cl)cc1Cl. The van der Waals surface area contributed by atoms with Crippen molar-refractivity contribution in [2.24, 2.45) is 0 Å². The molecule has 1 heterocycles. The molecule has 3 N–H and O–H groups in total. The van der Waals surface area contributed by atoms with E-state index in [0.29, 0.717) is 27.3 Å². The smallest absolute Gasteiger partial charge is 0.279 e. The number of hydrogen-bond donors (Lipinski definition) is 3. The van der Waals surface area contributed by atoms with Crippen molar-refractivity contribution in [2.45, 2.75) is 0 Å². The highest BCUT2D eigenvalue weighted by atomic mass is 35.5. The quantitative estimate of drug-likeness (QED) is 0.673. The van der Waals surface area contributed by atoms with E-state index in [4.69, 9.17) is 34.8 Å². The maximum absolute atomic E-state index is 12.3. The Balaban J connectivity index is 1.52. The van der Waals surface area contributed by atoms with Gasteiger partial charge in [0.15, 0.2) is 6.54 Å². The fourth-order valence-corrected chi connectivity index (χ4v) is 3.56. The molecule has 5 nitrogen and oxygen atoms in total. The first-order valence-corrected chi connectivity index (χ1v) is 9.37. The second-order valence-electron chi connectivity index (χ2n) is 6.22. The molecule has 0 aromatic heterocycles. The number of quaternary nitrogens is 1. The van der Waals surface area contributed by atoms with Gasteiger partial charge in [-0.25, -0.2) is 0 Å². The molecule has 1 aliphatic rings. The predicted octanol–water partition coefficient (Wildman–Crippen LogP) is 2.70. The van der Waals surface area contributed by atoms with E-state index >= 15 is 0 Å². The highest BCUT2D eigenvalue weighted by Crippen LogP contribution is 2.32. The molecule has 1 aliphatic heterocycles. The summed E-state index contributed by atoms with van der Waals surface area (Å²) in [7, 11) is 0. The number of phenols is 1. The lowest BCUT2D eigenvalue weighted by atomic mass is 10.2. The molecular formula is C18H19Cl3N3O2+. The van der Waals surface area contributed by atoms with Crippen LogP contribution in [0.2, 0.25) is 15.1 Å². The zero-order chi connectivity index (χ0) is 18.7. The number of carbonyl (C=O) groups is 1. The Kier molecular flexibility index (Phi) is 6.14. The number of halogens is 3. The summed E-state index contributed by atoms with van der Waals surface area (Å²) in [6.07, 6.45) is 0. The standard InChI is InChI=1S/C18H18Cl3N3O2/c19-14-9-16(21)17(10-15(14)20)22-18(26)11-23-5-7-24(8-6-23)12-1-3-13(25)4-2-12/h1-4,9-10,25H,5-8,11H2,(H,22,26)/p+1. The summed E-state index contributed by atoms with van der Waals surface area (Å²) in [6, 6.07) is 10.2. The number of nitrogens with zero attached hydrogens (tertiary/aromatic N) is 1. The fourth-order valence-electron chi connectivity index (χ4n) is 2.96. The molecule has 2 aromatic carbocycles. The predicted molar refractivity (Wildman–Crippen MR) is 106 cm³/mol. The molecule has 3 rings (SSSR count). The number of hydrogen-bond acceptors (Lipinski definition) is 3. The Hall–Kier alpha value is -1.66. The van der Waals surface area contributed by atoms with Crippen molar-refractivity contribution in [3.8, 4) is 5.75 Å². The molecule has 1 saturated heterocycles. The first-order chi connectivity index (χ1) is 12.4. The van der Waals surface area contributed by atoms with Gasteiger partial charge in [0.05, 0.1) is 46.9 Å². The summed E-state index contributed by atoms with van der Waals surface area (Å²) in [5, 5.41) is 13.2. The molecule has 26 heavy (non-hydrogen) atoms. The van der Waals surface area contributed by atoms with Gasteiger partial charge in [-0.2, -0.15) is 0 Å². The lowest BCUT2D eigenvalue weighted by Crippen LogP contribution is -3.15. The van der Waals surface area contributed by atoms with Crippen LogP contribution >= 0.6 is 34.8 Å². The van der Waals surface area contributed by atoms with Crippen LogP contribution in [-0.2, 0) is 4.79 Å². The second-order valence-corrected chi connectivity index (χ2v) is 7.45. The zero-order valence-corrected chi connectivity index (χ0v) is 16.2. The molecule has 0 bridgehead atoms. The zero-order valence-electron chi connectivity index (χ0n) is 13.9. The Bertz CT molecular complexity index is 791. The van der Waals surface area contributed by atoms with Crippen molar-refractivity contribution in [1.82, 2.24) is 0 Å². The molecular weight excluding hydrogens is 397 g/mol. The van der Waals surface area contributed by atoms with E-state index < -0.39 is 0 Å². The average molecular weight is 416 g/mol. The van der Waals surface area contributed by atoms with Gasteiger partial charge >= 0.3 is 0 Å². The number of aromatic hydroxyl groups is 1. The molecule has 0 atom stereocenters. The van der Waals surface area contributed by atoms with Crippen LogP contribution in [0.4, 0.5) is 11.4 Å². The van der Waals surface area contributed by atoms with Crippen LogP contribution in [0.15, 0.2) is 36.4 Å². The third-order valence-corrected chi connectivity index (χ3v) is 5.41. The number of carbonyl (C=O) groups excluding carboxylic acids is 1. The summed E-state index contributed by atoms with van der Waals surface area (Å²) in [5.74, 6) is 0.147. The van der Waals surface area contributed by atoms with E-state index in [2.05, 4.69) is 10.2 Å². The molecule has 138 valence electrons. The summed E-state index contributed by atoms with van der Waals surface area (Å²) < 4.78 is 0. The Morgan fingerprint density at radius 1 is 1.04 bits per heavy atom. The van der Waals surface area contributed by atoms with Gasteiger partial charge in [0.1, 0.15) is 5.75 Å². The van der Waals surface area contributed by atoms with E-state index in [0.717, 1.165) is 31.9 Å². The second kappa shape index (κ2) is 8.35. The number of benzene rings is 2. The number of phenolic OH excluding ortho intramolecular Hbond substituents is 1. The third kappa shape index (κ3) is 4.74. The first kappa shape index (κ1) is 19.1. The highest BCUT2D eigenvalue weighted by molar-refractivity contribution is 6.44. The molecule has 8 heteroatoms. The number of piperazine rings is 1. The number of rotatable bonds is 4. The van der Waals surface area contributed by atoms with E-state index in [-0.39, 0.29) is 11.7 Å². The highest BCUT2D eigenvalue weighted by Gasteiger charge is 2.23. The lowest BCUT2D eigenvalue weighted by molar-refractivity contribution is -0.892. The number of amides is 1. The van der Waals surface area contributed by atoms with Gasteiger partial charge < -0.3 is 20.2 Å². The Morgan fingerprint density at radius 3 is 2.31 bits per heavy atom. The maximum atomic E-state index is 12.3. The van der Waals surface area contributed by atoms with Crippen molar-refractivity contribution >= 4 is 52.1 Å². The normalized spacial score (nSPS) is 15.1. The van der Waals surface area contributed by atoms with Gasteiger partial charge in [0.2, 0.25) is 0 Å². The van der Waals surface area contributed by atoms with Crippen LogP contribution < -0.4 is 15.1 Å². The molecule has 2 aromatic rings. The van der Waals surface area contributed by atoms with E-state index in [1.807, 2.05) is 12.1 Å². The third-order valence-electron chi connectivity index (χ3n) is 4.38. The van der Waals surface area contributed by atoms with Gasteiger partial charge in [0, 0.05) is 5.69 Å². The maximum Gasteiger partial charge on any atom is 0.279 e. The van der Waals surface area contributed by atoms with Crippen molar-refractivity contribution in [3.05, 3.63) is 51.5 Å². The van der Waals surface area contributed by atoms with Crippen molar-refractivity contribution in [3.63, 3.8) is 0 Å². The number of anilines is 2. The molecule has 1 amide bonds. The molecule has 0 spiro atoms. The molecule has 0 aliphatic carbocycles. The van der Waals surface area contributed by atoms with Gasteiger partial charge in [-0.3, -0.25) is 4.79 Å². The summed E-state index contributed by atoms with van der Waals surface area (Å²) in [4.78, 5) is 15.8. The van der Waals surface area contributed by atoms with Crippen molar-refractivity contribution < 1.29 is 14.8 Å². The topological polar surface area (TPSA) is 57.0 Å². The Labute approximate surface area is 167 Å². The molecule has 0 unspecified atom stereocenters. The van der Waals surface area contributed by atoms with Crippen LogP contribution in [-0.4, -0.2) is 43.7 Å². The molecule has 0 saturated carbocycles. The summed E-state index contributed by atoms with van der Waals surface area (Å²) in [6.45, 7) is 3.76. The number of nitrogens with one attached hydrogen (secondary N) is 2. The fraction of sp³-hybridized carbons (Fsp3) is 0.278. The monoisotopic (exact) mass is 414 g/mol. The van der Waals surface area contributed by atoms with Crippen LogP contribution in [0.1, 0.15) is 0 Å². The summed E-state index contributed by atoms with van der Waals surface area (Å²) >= 11 is 18.0. The van der Waals surface area contributed by atoms with E-state index in [9.17, 15) is 9.90 Å². The first-order valence-electron chi connectivity index (χ1n) is 8.24. The van der Waals surface area contributed by atoms with Crippen LogP contribution in [0.5, 0.6) is 5.75 Å². The largest absolute Gasteiger partial charge is 0.508 e. The van der Waals surface area contributed by atoms with Crippen LogP contribution in [0.25, 0.3) is 0 Å². The minimum atomic E-state index is -0.113. The van der Waals surface area contributed by atoms with Gasteiger partial charge in [-0.15, -0.1) is 0 Å². The average Bonchev–Trinajstić information content (AvgIpc) is 2.61. The lowest BCUT2D eigenvalue weighted by Gasteiger charge is -2.33. The minimum absolute atomic E-state index is 0.113. The van der Waals surface area contributed by atoms with E-state index in [1.54, 1.807) is 18.2 Å².